The summed E-state index contributed by atoms with van der Waals surface area (Å²) in [5.74, 6) is -1.67. The van der Waals surface area contributed by atoms with Gasteiger partial charge in [-0.05, 0) is 42.7 Å². The number of aliphatic hydroxyl groups is 1. The number of benzene rings is 3. The summed E-state index contributed by atoms with van der Waals surface area (Å²) in [5.41, 5.74) is 2.27. The van der Waals surface area contributed by atoms with E-state index in [4.69, 9.17) is 0 Å². The molecular weight excluding hydrogens is 404 g/mol. The van der Waals surface area contributed by atoms with Gasteiger partial charge in [0.2, 0.25) is 0 Å². The average Bonchev–Trinajstić information content (AvgIpc) is 3.12. The average molecular weight is 426 g/mol. The van der Waals surface area contributed by atoms with E-state index in [0.29, 0.717) is 29.7 Å². The molecule has 1 aliphatic rings. The van der Waals surface area contributed by atoms with Gasteiger partial charge in [0.05, 0.1) is 6.04 Å². The molecule has 3 aromatic carbocycles. The van der Waals surface area contributed by atoms with Crippen molar-refractivity contribution < 1.29 is 19.5 Å². The lowest BCUT2D eigenvalue weighted by atomic mass is 10.0. The number of nitrogens with one attached hydrogen (secondary N) is 2. The van der Waals surface area contributed by atoms with Crippen molar-refractivity contribution in [2.24, 2.45) is 0 Å². The summed E-state index contributed by atoms with van der Waals surface area (Å²) in [5, 5.41) is 15.8. The van der Waals surface area contributed by atoms with Gasteiger partial charge in [-0.25, -0.2) is 0 Å². The number of aryl methyl sites for hydroxylation is 1. The van der Waals surface area contributed by atoms with E-state index in [2.05, 4.69) is 10.6 Å². The molecule has 0 spiro atoms. The van der Waals surface area contributed by atoms with E-state index in [1.54, 1.807) is 48.5 Å². The van der Waals surface area contributed by atoms with Crippen LogP contribution in [-0.4, -0.2) is 28.7 Å². The zero-order valence-corrected chi connectivity index (χ0v) is 17.2. The molecule has 2 amide bonds. The van der Waals surface area contributed by atoms with E-state index in [-0.39, 0.29) is 17.1 Å². The molecule has 0 radical (unpaired) electrons. The standard InChI is InChI=1S/C26H22N2O4/c29-23(18-9-5-2-6-10-18)19-12-14-20(15-13-19)27-25(31)22-24(30)21(28-26(22)32)16-11-17-7-3-1-4-8-17/h1-10,12-15,21,30H,11,16H2,(H,27,31)(H,28,32). The number of carbonyl (C=O) groups excluding carboxylic acids is 3. The number of carbonyl (C=O) groups is 3. The molecule has 1 heterocycles. The van der Waals surface area contributed by atoms with Crippen LogP contribution in [0.4, 0.5) is 5.69 Å². The number of ketones is 1. The summed E-state index contributed by atoms with van der Waals surface area (Å²) < 4.78 is 0. The normalized spacial score (nSPS) is 15.4. The Morgan fingerprint density at radius 3 is 2.09 bits per heavy atom. The topological polar surface area (TPSA) is 95.5 Å². The van der Waals surface area contributed by atoms with Crippen molar-refractivity contribution in [3.8, 4) is 0 Å². The van der Waals surface area contributed by atoms with Crippen LogP contribution in [0.15, 0.2) is 96.3 Å². The van der Waals surface area contributed by atoms with E-state index < -0.39 is 17.9 Å². The Morgan fingerprint density at radius 1 is 0.844 bits per heavy atom. The highest BCUT2D eigenvalue weighted by Gasteiger charge is 2.35. The molecule has 0 bridgehead atoms. The van der Waals surface area contributed by atoms with E-state index in [9.17, 15) is 19.5 Å². The van der Waals surface area contributed by atoms with Crippen LogP contribution in [0.5, 0.6) is 0 Å². The van der Waals surface area contributed by atoms with Crippen molar-refractivity contribution >= 4 is 23.3 Å². The summed E-state index contributed by atoms with van der Waals surface area (Å²) in [6.45, 7) is 0. The van der Waals surface area contributed by atoms with Crippen molar-refractivity contribution in [2.75, 3.05) is 5.32 Å². The molecule has 3 aromatic rings. The van der Waals surface area contributed by atoms with E-state index in [0.717, 1.165) is 5.56 Å². The van der Waals surface area contributed by atoms with E-state index in [1.165, 1.54) is 0 Å². The van der Waals surface area contributed by atoms with Gasteiger partial charge in [-0.15, -0.1) is 0 Å². The molecule has 1 atom stereocenters. The Labute approximate surface area is 185 Å². The maximum absolute atomic E-state index is 12.6. The van der Waals surface area contributed by atoms with Crippen molar-refractivity contribution in [2.45, 2.75) is 18.9 Å². The van der Waals surface area contributed by atoms with Crippen LogP contribution in [0, 0.1) is 0 Å². The van der Waals surface area contributed by atoms with Crippen molar-refractivity contribution in [3.05, 3.63) is 113 Å². The minimum absolute atomic E-state index is 0.125. The number of anilines is 1. The van der Waals surface area contributed by atoms with Gasteiger partial charge in [-0.3, -0.25) is 14.4 Å². The first-order chi connectivity index (χ1) is 15.5. The van der Waals surface area contributed by atoms with E-state index in [1.807, 2.05) is 36.4 Å². The molecule has 0 fully saturated rings. The Hall–Kier alpha value is -4.19. The highest BCUT2D eigenvalue weighted by Crippen LogP contribution is 2.21. The van der Waals surface area contributed by atoms with Crippen LogP contribution in [-0.2, 0) is 16.0 Å². The quantitative estimate of drug-likeness (QED) is 0.396. The fraction of sp³-hybridized carbons (Fsp3) is 0.115. The molecule has 1 aliphatic heterocycles. The Morgan fingerprint density at radius 2 is 1.44 bits per heavy atom. The number of amides is 2. The fourth-order valence-electron chi connectivity index (χ4n) is 3.63. The zero-order valence-electron chi connectivity index (χ0n) is 17.2. The third-order valence-electron chi connectivity index (χ3n) is 5.35. The molecule has 0 saturated heterocycles. The highest BCUT2D eigenvalue weighted by molar-refractivity contribution is 6.24. The monoisotopic (exact) mass is 426 g/mol. The van der Waals surface area contributed by atoms with Crippen LogP contribution < -0.4 is 10.6 Å². The summed E-state index contributed by atoms with van der Waals surface area (Å²) in [6.07, 6.45) is 1.14. The van der Waals surface area contributed by atoms with Crippen molar-refractivity contribution in [1.82, 2.24) is 5.32 Å². The highest BCUT2D eigenvalue weighted by atomic mass is 16.3. The van der Waals surface area contributed by atoms with Gasteiger partial charge in [0.15, 0.2) is 5.78 Å². The first-order valence-corrected chi connectivity index (χ1v) is 10.3. The van der Waals surface area contributed by atoms with Gasteiger partial charge in [0.25, 0.3) is 11.8 Å². The molecule has 6 nitrogen and oxygen atoms in total. The summed E-state index contributed by atoms with van der Waals surface area (Å²) >= 11 is 0. The molecule has 1 unspecified atom stereocenters. The van der Waals surface area contributed by atoms with Gasteiger partial charge < -0.3 is 15.7 Å². The summed E-state index contributed by atoms with van der Waals surface area (Å²) in [7, 11) is 0. The third kappa shape index (κ3) is 4.59. The molecular formula is C26H22N2O4. The Kier molecular flexibility index (Phi) is 6.12. The molecule has 3 N–H and O–H groups in total. The lowest BCUT2D eigenvalue weighted by Gasteiger charge is -2.10. The van der Waals surface area contributed by atoms with Crippen LogP contribution in [0.3, 0.4) is 0 Å². The smallest absolute Gasteiger partial charge is 0.264 e. The fourth-order valence-corrected chi connectivity index (χ4v) is 3.63. The first kappa shape index (κ1) is 21.1. The minimum Gasteiger partial charge on any atom is -0.509 e. The Bertz CT molecular complexity index is 1170. The molecule has 0 saturated carbocycles. The molecule has 160 valence electrons. The maximum Gasteiger partial charge on any atom is 0.264 e. The largest absolute Gasteiger partial charge is 0.509 e. The molecule has 0 aliphatic carbocycles. The maximum atomic E-state index is 12.6. The molecule has 0 aromatic heterocycles. The van der Waals surface area contributed by atoms with Crippen LogP contribution >= 0.6 is 0 Å². The van der Waals surface area contributed by atoms with Crippen molar-refractivity contribution in [1.29, 1.82) is 0 Å². The number of aliphatic hydroxyl groups excluding tert-OH is 1. The van der Waals surface area contributed by atoms with Gasteiger partial charge in [0, 0.05) is 16.8 Å². The molecule has 6 heteroatoms. The SMILES string of the molecule is O=C(Nc1ccc(C(=O)c2ccccc2)cc1)C1=C(O)C(CCc2ccccc2)NC1=O. The predicted octanol–water partition coefficient (Wildman–Crippen LogP) is 3.80. The second-order valence-electron chi connectivity index (χ2n) is 7.54. The lowest BCUT2D eigenvalue weighted by Crippen LogP contribution is -2.30. The van der Waals surface area contributed by atoms with Gasteiger partial charge in [-0.2, -0.15) is 0 Å². The third-order valence-corrected chi connectivity index (χ3v) is 5.35. The van der Waals surface area contributed by atoms with Gasteiger partial charge in [0.1, 0.15) is 11.3 Å². The second-order valence-corrected chi connectivity index (χ2v) is 7.54. The summed E-state index contributed by atoms with van der Waals surface area (Å²) in [6, 6.07) is 24.4. The molecule has 32 heavy (non-hydrogen) atoms. The van der Waals surface area contributed by atoms with E-state index >= 15 is 0 Å². The number of hydrogen-bond donors (Lipinski definition) is 3. The Balaban J connectivity index is 1.41. The summed E-state index contributed by atoms with van der Waals surface area (Å²) in [4.78, 5) is 37.4. The lowest BCUT2D eigenvalue weighted by molar-refractivity contribution is -0.120. The first-order valence-electron chi connectivity index (χ1n) is 10.3. The van der Waals surface area contributed by atoms with Crippen LogP contribution in [0.25, 0.3) is 0 Å². The van der Waals surface area contributed by atoms with Crippen LogP contribution in [0.2, 0.25) is 0 Å². The van der Waals surface area contributed by atoms with Gasteiger partial charge in [-0.1, -0.05) is 60.7 Å². The number of hydrogen-bond acceptors (Lipinski definition) is 4. The molecule has 4 rings (SSSR count). The van der Waals surface area contributed by atoms with Crippen LogP contribution in [0.1, 0.15) is 27.9 Å². The predicted molar refractivity (Wildman–Crippen MR) is 121 cm³/mol. The van der Waals surface area contributed by atoms with Gasteiger partial charge >= 0.3 is 0 Å². The minimum atomic E-state index is -0.690. The zero-order chi connectivity index (χ0) is 22.5. The second kappa shape index (κ2) is 9.31. The van der Waals surface area contributed by atoms with Crippen molar-refractivity contribution in [3.63, 3.8) is 0 Å². The number of rotatable bonds is 7.